The molecule has 7 nitrogen and oxygen atoms in total. The smallest absolute Gasteiger partial charge is 0.255 e. The summed E-state index contributed by atoms with van der Waals surface area (Å²) in [5, 5.41) is 11.5. The largest absolute Gasteiger partial charge is 0.343 e. The van der Waals surface area contributed by atoms with Crippen LogP contribution in [0, 0.1) is 0 Å². The second kappa shape index (κ2) is 8.72. The quantitative estimate of drug-likeness (QED) is 0.612. The molecule has 8 heteroatoms. The van der Waals surface area contributed by atoms with E-state index in [0.717, 1.165) is 0 Å². The Morgan fingerprint density at radius 3 is 2.33 bits per heavy atom. The molecule has 3 rings (SSSR count). The first-order valence-electron chi connectivity index (χ1n) is 8.03. The number of carbonyl (C=O) groups is 3. The number of thiophene rings is 1. The molecule has 0 aliphatic carbocycles. The molecule has 0 saturated carbocycles. The lowest BCUT2D eigenvalue weighted by Crippen LogP contribution is -2.32. The van der Waals surface area contributed by atoms with Crippen molar-refractivity contribution in [2.45, 2.75) is 0 Å². The molecule has 0 atom stereocenters. The Morgan fingerprint density at radius 1 is 0.889 bits per heavy atom. The Labute approximate surface area is 159 Å². The van der Waals surface area contributed by atoms with Gasteiger partial charge in [-0.25, -0.2) is 0 Å². The number of nitrogens with one attached hydrogen (secondary N) is 3. The number of amides is 3. The summed E-state index contributed by atoms with van der Waals surface area (Å²) in [4.78, 5) is 39.9. The number of hydrogen-bond acceptors (Lipinski definition) is 5. The predicted octanol–water partition coefficient (Wildman–Crippen LogP) is 2.76. The summed E-state index contributed by atoms with van der Waals surface area (Å²) in [6.45, 7) is -0.151. The van der Waals surface area contributed by atoms with E-state index in [1.54, 1.807) is 53.2 Å². The Balaban J connectivity index is 1.54. The van der Waals surface area contributed by atoms with E-state index in [-0.39, 0.29) is 24.3 Å². The highest BCUT2D eigenvalue weighted by Gasteiger charge is 2.10. The molecule has 3 N–H and O–H groups in total. The molecule has 2 heterocycles. The van der Waals surface area contributed by atoms with Crippen LogP contribution < -0.4 is 16.0 Å². The number of nitrogens with zero attached hydrogens (tertiary/aromatic N) is 1. The fourth-order valence-corrected chi connectivity index (χ4v) is 2.88. The zero-order valence-corrected chi connectivity index (χ0v) is 15.0. The van der Waals surface area contributed by atoms with Crippen LogP contribution >= 0.6 is 11.3 Å². The van der Waals surface area contributed by atoms with Gasteiger partial charge in [0.1, 0.15) is 0 Å². The van der Waals surface area contributed by atoms with Crippen molar-refractivity contribution >= 4 is 40.4 Å². The van der Waals surface area contributed by atoms with Crippen LogP contribution in [0.15, 0.2) is 65.6 Å². The monoisotopic (exact) mass is 380 g/mol. The van der Waals surface area contributed by atoms with E-state index in [1.165, 1.54) is 23.7 Å². The summed E-state index contributed by atoms with van der Waals surface area (Å²) in [6, 6.07) is 11.7. The van der Waals surface area contributed by atoms with Crippen molar-refractivity contribution in [3.63, 3.8) is 0 Å². The van der Waals surface area contributed by atoms with Crippen LogP contribution in [0.1, 0.15) is 20.7 Å². The van der Waals surface area contributed by atoms with Crippen molar-refractivity contribution < 1.29 is 14.4 Å². The first-order valence-corrected chi connectivity index (χ1v) is 8.98. The third-order valence-electron chi connectivity index (χ3n) is 3.54. The highest BCUT2D eigenvalue weighted by Crippen LogP contribution is 2.16. The second-order valence-corrected chi connectivity index (χ2v) is 6.29. The van der Waals surface area contributed by atoms with Crippen LogP contribution in [0.2, 0.25) is 0 Å². The van der Waals surface area contributed by atoms with Gasteiger partial charge in [-0.05, 0) is 41.8 Å². The third kappa shape index (κ3) is 5.23. The van der Waals surface area contributed by atoms with Gasteiger partial charge >= 0.3 is 0 Å². The Morgan fingerprint density at radius 2 is 1.63 bits per heavy atom. The Hall–Kier alpha value is -3.52. The van der Waals surface area contributed by atoms with Gasteiger partial charge in [-0.15, -0.1) is 0 Å². The Bertz CT molecular complexity index is 943. The maximum absolute atomic E-state index is 12.2. The van der Waals surface area contributed by atoms with E-state index in [1.807, 2.05) is 0 Å². The molecule has 0 fully saturated rings. The number of pyridine rings is 1. The van der Waals surface area contributed by atoms with Gasteiger partial charge in [0, 0.05) is 40.3 Å². The summed E-state index contributed by atoms with van der Waals surface area (Å²) in [7, 11) is 0. The molecular formula is C19H16N4O3S. The zero-order chi connectivity index (χ0) is 19.1. The van der Waals surface area contributed by atoms with Gasteiger partial charge in [0.25, 0.3) is 11.8 Å². The van der Waals surface area contributed by atoms with E-state index in [0.29, 0.717) is 22.5 Å². The van der Waals surface area contributed by atoms with Crippen molar-refractivity contribution in [1.82, 2.24) is 10.3 Å². The van der Waals surface area contributed by atoms with Crippen LogP contribution in [0.25, 0.3) is 0 Å². The average molecular weight is 380 g/mol. The standard InChI is InChI=1S/C19H16N4O3S/c24-17(11-21-18(25)14-6-9-27-12-14)22-15-2-1-3-16(10-15)23-19(26)13-4-7-20-8-5-13/h1-10,12H,11H2,(H,21,25)(H,22,24)(H,23,26). The molecule has 2 aromatic heterocycles. The Kier molecular flexibility index (Phi) is 5.91. The van der Waals surface area contributed by atoms with Gasteiger partial charge in [0.05, 0.1) is 6.54 Å². The van der Waals surface area contributed by atoms with Crippen LogP contribution in [-0.2, 0) is 4.79 Å². The van der Waals surface area contributed by atoms with Crippen molar-refractivity contribution in [2.75, 3.05) is 17.2 Å². The molecule has 0 radical (unpaired) electrons. The van der Waals surface area contributed by atoms with E-state index in [9.17, 15) is 14.4 Å². The number of benzene rings is 1. The minimum atomic E-state index is -0.365. The van der Waals surface area contributed by atoms with Crippen molar-refractivity contribution in [1.29, 1.82) is 0 Å². The summed E-state index contributed by atoms with van der Waals surface area (Å²) >= 11 is 1.41. The number of aromatic nitrogens is 1. The van der Waals surface area contributed by atoms with Gasteiger partial charge in [-0.2, -0.15) is 11.3 Å². The lowest BCUT2D eigenvalue weighted by atomic mass is 10.2. The van der Waals surface area contributed by atoms with Crippen molar-refractivity contribution in [2.24, 2.45) is 0 Å². The van der Waals surface area contributed by atoms with Crippen LogP contribution in [-0.4, -0.2) is 29.3 Å². The molecule has 27 heavy (non-hydrogen) atoms. The number of anilines is 2. The lowest BCUT2D eigenvalue weighted by Gasteiger charge is -2.09. The fourth-order valence-electron chi connectivity index (χ4n) is 2.24. The van der Waals surface area contributed by atoms with Gasteiger partial charge in [0.15, 0.2) is 0 Å². The van der Waals surface area contributed by atoms with E-state index >= 15 is 0 Å². The molecule has 1 aromatic carbocycles. The maximum Gasteiger partial charge on any atom is 0.255 e. The van der Waals surface area contributed by atoms with Crippen molar-refractivity contribution in [3.8, 4) is 0 Å². The number of hydrogen-bond donors (Lipinski definition) is 3. The van der Waals surface area contributed by atoms with Crippen LogP contribution in [0.5, 0.6) is 0 Å². The highest BCUT2D eigenvalue weighted by molar-refractivity contribution is 7.08. The van der Waals surface area contributed by atoms with Gasteiger partial charge in [-0.3, -0.25) is 19.4 Å². The fraction of sp³-hybridized carbons (Fsp3) is 0.0526. The molecule has 0 spiro atoms. The predicted molar refractivity (Wildman–Crippen MR) is 104 cm³/mol. The normalized spacial score (nSPS) is 10.1. The molecule has 0 saturated heterocycles. The van der Waals surface area contributed by atoms with Gasteiger partial charge < -0.3 is 16.0 Å². The summed E-state index contributed by atoms with van der Waals surface area (Å²) in [5.74, 6) is -0.940. The van der Waals surface area contributed by atoms with Crippen molar-refractivity contribution in [3.05, 3.63) is 76.7 Å². The van der Waals surface area contributed by atoms with E-state index in [2.05, 4.69) is 20.9 Å². The topological polar surface area (TPSA) is 100 Å². The molecule has 0 bridgehead atoms. The number of carbonyl (C=O) groups excluding carboxylic acids is 3. The molecule has 0 unspecified atom stereocenters. The third-order valence-corrected chi connectivity index (χ3v) is 4.22. The van der Waals surface area contributed by atoms with E-state index < -0.39 is 0 Å². The SMILES string of the molecule is O=C(CNC(=O)c1ccsc1)Nc1cccc(NC(=O)c2ccncc2)c1. The number of rotatable bonds is 6. The summed E-state index contributed by atoms with van der Waals surface area (Å²) in [6.07, 6.45) is 3.08. The minimum Gasteiger partial charge on any atom is -0.343 e. The lowest BCUT2D eigenvalue weighted by molar-refractivity contribution is -0.115. The molecule has 0 aliphatic rings. The summed E-state index contributed by atoms with van der Waals surface area (Å²) in [5.41, 5.74) is 2.05. The van der Waals surface area contributed by atoms with Crippen LogP contribution in [0.4, 0.5) is 11.4 Å². The van der Waals surface area contributed by atoms with E-state index in [4.69, 9.17) is 0 Å². The molecular weight excluding hydrogens is 364 g/mol. The minimum absolute atomic E-state index is 0.151. The highest BCUT2D eigenvalue weighted by atomic mass is 32.1. The maximum atomic E-state index is 12.2. The second-order valence-electron chi connectivity index (χ2n) is 5.51. The molecule has 0 aliphatic heterocycles. The first-order chi connectivity index (χ1) is 13.1. The van der Waals surface area contributed by atoms with Crippen LogP contribution in [0.3, 0.4) is 0 Å². The molecule has 3 amide bonds. The average Bonchev–Trinajstić information content (AvgIpc) is 3.22. The van der Waals surface area contributed by atoms with Gasteiger partial charge in [-0.1, -0.05) is 6.07 Å². The first kappa shape index (κ1) is 18.3. The zero-order valence-electron chi connectivity index (χ0n) is 14.1. The molecule has 3 aromatic rings. The summed E-state index contributed by atoms with van der Waals surface area (Å²) < 4.78 is 0. The molecule has 136 valence electrons. The van der Waals surface area contributed by atoms with Gasteiger partial charge in [0.2, 0.25) is 5.91 Å².